The maximum atomic E-state index is 8.21. The highest BCUT2D eigenvalue weighted by Crippen LogP contribution is 2.05. The molecular weight excluding hydrogens is 122 g/mol. The standard InChI is InChI=1S/C5H11NOS/c1-4(6-7)5(2)8-3/h5,7H,1-3H3/b6-4-/t5-/m0/s1. The van der Waals surface area contributed by atoms with E-state index < -0.39 is 0 Å². The summed E-state index contributed by atoms with van der Waals surface area (Å²) in [5, 5.41) is 11.6. The van der Waals surface area contributed by atoms with E-state index in [-0.39, 0.29) is 0 Å². The van der Waals surface area contributed by atoms with Crippen molar-refractivity contribution in [2.45, 2.75) is 19.1 Å². The van der Waals surface area contributed by atoms with Crippen molar-refractivity contribution in [3.8, 4) is 0 Å². The molecule has 0 saturated carbocycles. The van der Waals surface area contributed by atoms with E-state index >= 15 is 0 Å². The first kappa shape index (κ1) is 7.82. The molecule has 0 aliphatic carbocycles. The van der Waals surface area contributed by atoms with Crippen LogP contribution in [0.1, 0.15) is 13.8 Å². The Labute approximate surface area is 54.0 Å². The molecule has 0 fully saturated rings. The minimum Gasteiger partial charge on any atom is -0.411 e. The lowest BCUT2D eigenvalue weighted by molar-refractivity contribution is 0.318. The van der Waals surface area contributed by atoms with Crippen LogP contribution < -0.4 is 0 Å². The van der Waals surface area contributed by atoms with Crippen LogP contribution in [0.2, 0.25) is 0 Å². The average molecular weight is 133 g/mol. The normalized spacial score (nSPS) is 16.1. The monoisotopic (exact) mass is 133 g/mol. The molecule has 0 aliphatic heterocycles. The highest BCUT2D eigenvalue weighted by molar-refractivity contribution is 7.99. The third-order valence-electron chi connectivity index (χ3n) is 1.10. The van der Waals surface area contributed by atoms with Crippen molar-refractivity contribution in [2.75, 3.05) is 6.26 Å². The fourth-order valence-electron chi connectivity index (χ4n) is 0.252. The Kier molecular flexibility index (Phi) is 3.69. The van der Waals surface area contributed by atoms with Crippen LogP contribution in [0.25, 0.3) is 0 Å². The van der Waals surface area contributed by atoms with E-state index in [1.807, 2.05) is 13.2 Å². The van der Waals surface area contributed by atoms with Gasteiger partial charge in [0.1, 0.15) is 0 Å². The molecule has 0 unspecified atom stereocenters. The molecule has 0 aromatic rings. The van der Waals surface area contributed by atoms with Gasteiger partial charge in [0, 0.05) is 5.25 Å². The molecule has 0 radical (unpaired) electrons. The summed E-state index contributed by atoms with van der Waals surface area (Å²) in [6.45, 7) is 3.81. The quantitative estimate of drug-likeness (QED) is 0.352. The van der Waals surface area contributed by atoms with Crippen molar-refractivity contribution < 1.29 is 5.21 Å². The molecule has 0 bridgehead atoms. The lowest BCUT2D eigenvalue weighted by Crippen LogP contribution is -2.07. The lowest BCUT2D eigenvalue weighted by atomic mass is 10.3. The number of thioether (sulfide) groups is 1. The third-order valence-corrected chi connectivity index (χ3v) is 2.15. The molecule has 0 heterocycles. The summed E-state index contributed by atoms with van der Waals surface area (Å²) in [6, 6.07) is 0. The first-order valence-electron chi connectivity index (χ1n) is 2.43. The van der Waals surface area contributed by atoms with Crippen LogP contribution in [0, 0.1) is 0 Å². The Morgan fingerprint density at radius 3 is 2.38 bits per heavy atom. The van der Waals surface area contributed by atoms with Gasteiger partial charge in [0.2, 0.25) is 0 Å². The number of nitrogens with zero attached hydrogens (tertiary/aromatic N) is 1. The average Bonchev–Trinajstić information content (AvgIpc) is 1.84. The summed E-state index contributed by atoms with van der Waals surface area (Å²) in [5.74, 6) is 0. The van der Waals surface area contributed by atoms with Gasteiger partial charge in [-0.05, 0) is 20.1 Å². The third kappa shape index (κ3) is 2.21. The maximum Gasteiger partial charge on any atom is 0.0666 e. The van der Waals surface area contributed by atoms with Gasteiger partial charge < -0.3 is 5.21 Å². The zero-order valence-corrected chi connectivity index (χ0v) is 6.20. The molecule has 0 aliphatic rings. The van der Waals surface area contributed by atoms with Gasteiger partial charge in [0.05, 0.1) is 5.71 Å². The Bertz CT molecular complexity index is 92.4. The van der Waals surface area contributed by atoms with Gasteiger partial charge in [0.15, 0.2) is 0 Å². The van der Waals surface area contributed by atoms with Crippen molar-refractivity contribution in [2.24, 2.45) is 5.16 Å². The first-order valence-corrected chi connectivity index (χ1v) is 3.72. The summed E-state index contributed by atoms with van der Waals surface area (Å²) in [7, 11) is 0. The summed E-state index contributed by atoms with van der Waals surface area (Å²) in [4.78, 5) is 0. The lowest BCUT2D eigenvalue weighted by Gasteiger charge is -2.02. The summed E-state index contributed by atoms with van der Waals surface area (Å²) >= 11 is 1.67. The zero-order chi connectivity index (χ0) is 6.57. The Morgan fingerprint density at radius 1 is 1.75 bits per heavy atom. The van der Waals surface area contributed by atoms with Gasteiger partial charge in [0.25, 0.3) is 0 Å². The molecule has 1 atom stereocenters. The van der Waals surface area contributed by atoms with Crippen molar-refractivity contribution in [1.29, 1.82) is 0 Å². The van der Waals surface area contributed by atoms with Crippen molar-refractivity contribution in [3.63, 3.8) is 0 Å². The maximum absolute atomic E-state index is 8.21. The predicted octanol–water partition coefficient (Wildman–Crippen LogP) is 1.59. The van der Waals surface area contributed by atoms with E-state index in [2.05, 4.69) is 5.16 Å². The zero-order valence-electron chi connectivity index (χ0n) is 5.38. The fourth-order valence-corrected chi connectivity index (χ4v) is 0.640. The van der Waals surface area contributed by atoms with Crippen LogP contribution in [0.15, 0.2) is 5.16 Å². The second kappa shape index (κ2) is 3.78. The fraction of sp³-hybridized carbons (Fsp3) is 0.800. The minimum atomic E-state index is 0.333. The predicted molar refractivity (Wildman–Crippen MR) is 37.9 cm³/mol. The molecule has 3 heteroatoms. The van der Waals surface area contributed by atoms with Gasteiger partial charge >= 0.3 is 0 Å². The van der Waals surface area contributed by atoms with Gasteiger partial charge in [-0.1, -0.05) is 5.16 Å². The van der Waals surface area contributed by atoms with Crippen LogP contribution in [-0.2, 0) is 0 Å². The van der Waals surface area contributed by atoms with E-state index in [0.717, 1.165) is 5.71 Å². The number of oxime groups is 1. The van der Waals surface area contributed by atoms with Crippen LogP contribution in [0.4, 0.5) is 0 Å². The largest absolute Gasteiger partial charge is 0.411 e. The highest BCUT2D eigenvalue weighted by Gasteiger charge is 2.01. The van der Waals surface area contributed by atoms with Gasteiger partial charge in [-0.3, -0.25) is 0 Å². The van der Waals surface area contributed by atoms with Crippen molar-refractivity contribution in [1.82, 2.24) is 0 Å². The number of rotatable bonds is 2. The van der Waals surface area contributed by atoms with E-state index in [1.54, 1.807) is 18.7 Å². The molecule has 0 aromatic heterocycles. The first-order chi connectivity index (χ1) is 3.72. The van der Waals surface area contributed by atoms with Crippen molar-refractivity contribution in [3.05, 3.63) is 0 Å². The number of hydrogen-bond donors (Lipinski definition) is 1. The minimum absolute atomic E-state index is 0.333. The van der Waals surface area contributed by atoms with Crippen LogP contribution >= 0.6 is 11.8 Å². The van der Waals surface area contributed by atoms with Gasteiger partial charge in [-0.2, -0.15) is 11.8 Å². The van der Waals surface area contributed by atoms with E-state index in [4.69, 9.17) is 5.21 Å². The smallest absolute Gasteiger partial charge is 0.0666 e. The second-order valence-electron chi connectivity index (χ2n) is 1.62. The van der Waals surface area contributed by atoms with E-state index in [1.165, 1.54) is 0 Å². The summed E-state index contributed by atoms with van der Waals surface area (Å²) < 4.78 is 0. The molecule has 0 rings (SSSR count). The molecule has 0 spiro atoms. The van der Waals surface area contributed by atoms with Crippen LogP contribution in [-0.4, -0.2) is 22.4 Å². The molecular formula is C5H11NOS. The molecule has 0 saturated heterocycles. The Morgan fingerprint density at radius 2 is 2.25 bits per heavy atom. The molecule has 8 heavy (non-hydrogen) atoms. The van der Waals surface area contributed by atoms with Gasteiger partial charge in [-0.25, -0.2) is 0 Å². The van der Waals surface area contributed by atoms with E-state index in [0.29, 0.717) is 5.25 Å². The second-order valence-corrected chi connectivity index (χ2v) is 2.80. The Balaban J connectivity index is 3.63. The topological polar surface area (TPSA) is 32.6 Å². The molecule has 0 aromatic carbocycles. The highest BCUT2D eigenvalue weighted by atomic mass is 32.2. The van der Waals surface area contributed by atoms with Crippen LogP contribution in [0.3, 0.4) is 0 Å². The van der Waals surface area contributed by atoms with Gasteiger partial charge in [-0.15, -0.1) is 0 Å². The number of hydrogen-bond acceptors (Lipinski definition) is 3. The summed E-state index contributed by atoms with van der Waals surface area (Å²) in [6.07, 6.45) is 1.99. The molecule has 48 valence electrons. The molecule has 1 N–H and O–H groups in total. The Hall–Kier alpha value is -0.180. The van der Waals surface area contributed by atoms with Crippen LogP contribution in [0.5, 0.6) is 0 Å². The van der Waals surface area contributed by atoms with Crippen molar-refractivity contribution >= 4 is 17.5 Å². The SMILES string of the molecule is CS[C@@H](C)/C(C)=N\O. The molecule has 2 nitrogen and oxygen atoms in total. The summed E-state index contributed by atoms with van der Waals surface area (Å²) in [5.41, 5.74) is 0.775. The van der Waals surface area contributed by atoms with E-state index in [9.17, 15) is 0 Å². The molecule has 0 amide bonds.